The number of piperidine rings is 1. The van der Waals surface area contributed by atoms with Gasteiger partial charge in [0.2, 0.25) is 0 Å². The standard InChI is InChI=1S/C28H40F2N4O6/c1-17(2)34(19-9-8-13-32(16-19)26(38)40-27(3,4)5)24(36)18-10-11-21-20(15-18)33(25(37)28(6,7)39-21)14-12-31-23(35)22(29)30/h10-11,15,17,19,22H,8-9,12-14,16H2,1-7H3,(H,31,35)/t19-/m1/s1. The summed E-state index contributed by atoms with van der Waals surface area (Å²) in [6.45, 7) is 13.0. The molecule has 2 aliphatic heterocycles. The number of ether oxygens (including phenoxy) is 2. The van der Waals surface area contributed by atoms with Gasteiger partial charge in [-0.2, -0.15) is 8.78 Å². The number of amides is 4. The van der Waals surface area contributed by atoms with Gasteiger partial charge >= 0.3 is 12.5 Å². The molecule has 1 N–H and O–H groups in total. The van der Waals surface area contributed by atoms with Gasteiger partial charge in [0, 0.05) is 37.8 Å². The van der Waals surface area contributed by atoms with E-state index in [-0.39, 0.29) is 31.1 Å². The molecule has 0 aliphatic carbocycles. The first kappa shape index (κ1) is 31.1. The number of anilines is 1. The lowest BCUT2D eigenvalue weighted by atomic mass is 9.99. The predicted octanol–water partition coefficient (Wildman–Crippen LogP) is 3.82. The van der Waals surface area contributed by atoms with Gasteiger partial charge in [-0.05, 0) is 79.5 Å². The van der Waals surface area contributed by atoms with Gasteiger partial charge in [0.25, 0.3) is 17.7 Å². The Labute approximate surface area is 233 Å². The quantitative estimate of drug-likeness (QED) is 0.538. The summed E-state index contributed by atoms with van der Waals surface area (Å²) in [5, 5.41) is 2.11. The number of rotatable bonds is 7. The Morgan fingerprint density at radius 2 is 1.90 bits per heavy atom. The minimum atomic E-state index is -3.17. The average molecular weight is 567 g/mol. The molecule has 0 unspecified atom stereocenters. The Morgan fingerprint density at radius 1 is 1.23 bits per heavy atom. The van der Waals surface area contributed by atoms with Gasteiger partial charge < -0.3 is 29.5 Å². The van der Waals surface area contributed by atoms with E-state index in [2.05, 4.69) is 5.32 Å². The molecule has 1 saturated heterocycles. The van der Waals surface area contributed by atoms with Gasteiger partial charge in [-0.1, -0.05) is 0 Å². The van der Waals surface area contributed by atoms with Crippen LogP contribution in [-0.4, -0.2) is 89.5 Å². The van der Waals surface area contributed by atoms with Crippen LogP contribution in [0.1, 0.15) is 71.7 Å². The van der Waals surface area contributed by atoms with Crippen molar-refractivity contribution >= 4 is 29.5 Å². The molecule has 1 fully saturated rings. The van der Waals surface area contributed by atoms with E-state index in [9.17, 15) is 28.0 Å². The number of carbonyl (C=O) groups excluding carboxylic acids is 4. The number of hydrogen-bond acceptors (Lipinski definition) is 6. The number of halogens is 2. The average Bonchev–Trinajstić information content (AvgIpc) is 2.84. The fraction of sp³-hybridized carbons (Fsp3) is 0.643. The number of carbonyl (C=O) groups is 4. The van der Waals surface area contributed by atoms with E-state index in [0.717, 1.165) is 0 Å². The summed E-state index contributed by atoms with van der Waals surface area (Å²) in [5.74, 6) is -1.79. The van der Waals surface area contributed by atoms with Crippen LogP contribution in [0.15, 0.2) is 18.2 Å². The molecular formula is C28H40F2N4O6. The van der Waals surface area contributed by atoms with Crippen molar-refractivity contribution in [3.8, 4) is 5.75 Å². The Morgan fingerprint density at radius 3 is 2.50 bits per heavy atom. The van der Waals surface area contributed by atoms with E-state index < -0.39 is 35.5 Å². The Hall–Kier alpha value is -3.44. The zero-order chi connectivity index (χ0) is 30.0. The molecule has 1 aromatic carbocycles. The summed E-state index contributed by atoms with van der Waals surface area (Å²) < 4.78 is 36.7. The topological polar surface area (TPSA) is 108 Å². The summed E-state index contributed by atoms with van der Waals surface area (Å²) >= 11 is 0. The Bertz CT molecular complexity index is 1130. The van der Waals surface area contributed by atoms with E-state index in [0.29, 0.717) is 42.9 Å². The van der Waals surface area contributed by atoms with Crippen LogP contribution in [-0.2, 0) is 14.3 Å². The number of nitrogens with zero attached hydrogens (tertiary/aromatic N) is 3. The van der Waals surface area contributed by atoms with Crippen LogP contribution in [0.3, 0.4) is 0 Å². The molecule has 12 heteroatoms. The molecule has 222 valence electrons. The van der Waals surface area contributed by atoms with E-state index in [1.165, 1.54) is 4.90 Å². The van der Waals surface area contributed by atoms with Gasteiger partial charge in [-0.25, -0.2) is 4.79 Å². The van der Waals surface area contributed by atoms with E-state index in [1.54, 1.807) is 62.6 Å². The number of fused-ring (bicyclic) bond motifs is 1. The first-order valence-corrected chi connectivity index (χ1v) is 13.5. The first-order chi connectivity index (χ1) is 18.5. The maximum absolute atomic E-state index is 13.9. The van der Waals surface area contributed by atoms with Crippen LogP contribution >= 0.6 is 0 Å². The normalized spacial score (nSPS) is 18.8. The third kappa shape index (κ3) is 7.19. The molecule has 0 bridgehead atoms. The van der Waals surface area contributed by atoms with Crippen molar-refractivity contribution in [1.82, 2.24) is 15.1 Å². The van der Waals surface area contributed by atoms with Crippen molar-refractivity contribution in [2.45, 2.75) is 91.0 Å². The minimum Gasteiger partial charge on any atom is -0.476 e. The monoisotopic (exact) mass is 566 g/mol. The number of nitrogens with one attached hydrogen (secondary N) is 1. The lowest BCUT2D eigenvalue weighted by molar-refractivity contribution is -0.133. The summed E-state index contributed by atoms with van der Waals surface area (Å²) in [6, 6.07) is 4.33. The predicted molar refractivity (Wildman–Crippen MR) is 145 cm³/mol. The highest BCUT2D eigenvalue weighted by atomic mass is 19.3. The zero-order valence-corrected chi connectivity index (χ0v) is 24.3. The molecule has 40 heavy (non-hydrogen) atoms. The van der Waals surface area contributed by atoms with Crippen molar-refractivity contribution in [2.75, 3.05) is 31.1 Å². The maximum Gasteiger partial charge on any atom is 0.410 e. The van der Waals surface area contributed by atoms with Gasteiger partial charge in [0.15, 0.2) is 5.60 Å². The SMILES string of the molecule is CC(C)N(C(=O)c1ccc2c(c1)N(CCNC(=O)C(F)F)C(=O)C(C)(C)O2)[C@@H]1CCCN(C(=O)OC(C)(C)C)C1. The van der Waals surface area contributed by atoms with Gasteiger partial charge in [-0.15, -0.1) is 0 Å². The number of alkyl halides is 2. The molecular weight excluding hydrogens is 526 g/mol. The molecule has 0 spiro atoms. The second kappa shape index (κ2) is 12.0. The lowest BCUT2D eigenvalue weighted by Gasteiger charge is -2.42. The Balaban J connectivity index is 1.86. The summed E-state index contributed by atoms with van der Waals surface area (Å²) in [7, 11) is 0. The van der Waals surface area contributed by atoms with Crippen LogP contribution in [0.5, 0.6) is 5.75 Å². The van der Waals surface area contributed by atoms with Gasteiger partial charge in [-0.3, -0.25) is 14.4 Å². The largest absolute Gasteiger partial charge is 0.476 e. The van der Waals surface area contributed by atoms with Gasteiger partial charge in [0.05, 0.1) is 11.7 Å². The molecule has 4 amide bonds. The molecule has 2 heterocycles. The van der Waals surface area contributed by atoms with Gasteiger partial charge in [0.1, 0.15) is 11.4 Å². The smallest absolute Gasteiger partial charge is 0.410 e. The summed E-state index contributed by atoms with van der Waals surface area (Å²) in [5.41, 5.74) is -1.26. The maximum atomic E-state index is 13.9. The second-order valence-corrected chi connectivity index (χ2v) is 11.9. The fourth-order valence-electron chi connectivity index (χ4n) is 4.94. The zero-order valence-electron chi connectivity index (χ0n) is 24.3. The molecule has 2 aliphatic rings. The fourth-order valence-corrected chi connectivity index (χ4v) is 4.94. The van der Waals surface area contributed by atoms with Crippen molar-refractivity contribution in [1.29, 1.82) is 0 Å². The Kier molecular flexibility index (Phi) is 9.31. The van der Waals surface area contributed by atoms with Crippen molar-refractivity contribution in [3.63, 3.8) is 0 Å². The van der Waals surface area contributed by atoms with Crippen molar-refractivity contribution in [2.24, 2.45) is 0 Å². The van der Waals surface area contributed by atoms with Crippen LogP contribution < -0.4 is 15.0 Å². The summed E-state index contributed by atoms with van der Waals surface area (Å²) in [4.78, 5) is 55.8. The van der Waals surface area contributed by atoms with E-state index in [1.807, 2.05) is 13.8 Å². The third-order valence-corrected chi connectivity index (χ3v) is 6.69. The molecule has 0 saturated carbocycles. The van der Waals surface area contributed by atoms with Crippen LogP contribution in [0.4, 0.5) is 19.3 Å². The molecule has 1 atom stereocenters. The number of hydrogen-bond donors (Lipinski definition) is 1. The number of benzene rings is 1. The first-order valence-electron chi connectivity index (χ1n) is 13.5. The molecule has 0 aromatic heterocycles. The lowest BCUT2D eigenvalue weighted by Crippen LogP contribution is -2.55. The molecule has 0 radical (unpaired) electrons. The van der Waals surface area contributed by atoms with E-state index in [4.69, 9.17) is 9.47 Å². The second-order valence-electron chi connectivity index (χ2n) is 11.9. The third-order valence-electron chi connectivity index (χ3n) is 6.69. The van der Waals surface area contributed by atoms with Crippen molar-refractivity contribution in [3.05, 3.63) is 23.8 Å². The molecule has 1 aromatic rings. The van der Waals surface area contributed by atoms with Crippen LogP contribution in [0, 0.1) is 0 Å². The summed E-state index contributed by atoms with van der Waals surface area (Å²) in [6.07, 6.45) is -2.17. The van der Waals surface area contributed by atoms with Crippen molar-refractivity contribution < 1.29 is 37.4 Å². The highest BCUT2D eigenvalue weighted by Crippen LogP contribution is 2.39. The molecule has 10 nitrogen and oxygen atoms in total. The minimum absolute atomic E-state index is 0.0872. The van der Waals surface area contributed by atoms with Crippen LogP contribution in [0.2, 0.25) is 0 Å². The highest BCUT2D eigenvalue weighted by molar-refractivity contribution is 6.04. The number of likely N-dealkylation sites (tertiary alicyclic amines) is 1. The molecule has 3 rings (SSSR count). The van der Waals surface area contributed by atoms with Crippen LogP contribution in [0.25, 0.3) is 0 Å². The van der Waals surface area contributed by atoms with E-state index >= 15 is 0 Å². The highest BCUT2D eigenvalue weighted by Gasteiger charge is 2.42.